The molecule has 1 fully saturated rings. The summed E-state index contributed by atoms with van der Waals surface area (Å²) in [6.07, 6.45) is 6.80. The standard InChI is InChI=1S/C13H16BrN5O/c14-13-17-11(9-16-10-4-3-6-15-8-10)19(18-13)12-5-1-2-7-20-12/h3-4,6,8,12,16H,1-2,5,7,9H2. The molecule has 7 heteroatoms. The second kappa shape index (κ2) is 6.32. The molecule has 2 aromatic rings. The van der Waals surface area contributed by atoms with Crippen LogP contribution in [0.5, 0.6) is 0 Å². The van der Waals surface area contributed by atoms with E-state index in [1.165, 1.54) is 0 Å². The van der Waals surface area contributed by atoms with Gasteiger partial charge in [0.2, 0.25) is 4.73 Å². The maximum absolute atomic E-state index is 5.77. The molecular weight excluding hydrogens is 322 g/mol. The van der Waals surface area contributed by atoms with E-state index in [4.69, 9.17) is 4.74 Å². The maximum Gasteiger partial charge on any atom is 0.217 e. The lowest BCUT2D eigenvalue weighted by Crippen LogP contribution is -2.22. The molecule has 1 saturated heterocycles. The predicted molar refractivity (Wildman–Crippen MR) is 78.1 cm³/mol. The van der Waals surface area contributed by atoms with Crippen molar-refractivity contribution >= 4 is 21.6 Å². The highest BCUT2D eigenvalue weighted by Gasteiger charge is 2.20. The Labute approximate surface area is 125 Å². The van der Waals surface area contributed by atoms with Crippen LogP contribution < -0.4 is 5.32 Å². The quantitative estimate of drug-likeness (QED) is 0.929. The minimum atomic E-state index is -0.00625. The van der Waals surface area contributed by atoms with Crippen molar-refractivity contribution in [3.05, 3.63) is 35.1 Å². The van der Waals surface area contributed by atoms with Crippen LogP contribution in [0, 0.1) is 0 Å². The molecule has 1 aliphatic rings. The summed E-state index contributed by atoms with van der Waals surface area (Å²) in [4.78, 5) is 8.48. The molecule has 3 heterocycles. The molecular formula is C13H16BrN5O. The lowest BCUT2D eigenvalue weighted by Gasteiger charge is -2.23. The van der Waals surface area contributed by atoms with Crippen LogP contribution in [0.4, 0.5) is 5.69 Å². The van der Waals surface area contributed by atoms with Crippen molar-refractivity contribution in [2.45, 2.75) is 32.0 Å². The van der Waals surface area contributed by atoms with Crippen LogP contribution in [0.15, 0.2) is 29.3 Å². The molecule has 1 unspecified atom stereocenters. The van der Waals surface area contributed by atoms with Crippen LogP contribution in [0.2, 0.25) is 0 Å². The molecule has 0 spiro atoms. The fraction of sp³-hybridized carbons (Fsp3) is 0.462. The summed E-state index contributed by atoms with van der Waals surface area (Å²) in [5.74, 6) is 0.854. The van der Waals surface area contributed by atoms with Gasteiger partial charge in [-0.1, -0.05) is 0 Å². The SMILES string of the molecule is Brc1nc(CNc2cccnc2)n(C2CCCCO2)n1. The lowest BCUT2D eigenvalue weighted by atomic mass is 10.2. The number of hydrogen-bond acceptors (Lipinski definition) is 5. The Bertz CT molecular complexity index is 553. The predicted octanol–water partition coefficient (Wildman–Crippen LogP) is 2.75. The fourth-order valence-corrected chi connectivity index (χ4v) is 2.62. The van der Waals surface area contributed by atoms with E-state index in [1.807, 2.05) is 16.8 Å². The Morgan fingerprint density at radius 2 is 2.40 bits per heavy atom. The number of hydrogen-bond donors (Lipinski definition) is 1. The molecule has 6 nitrogen and oxygen atoms in total. The highest BCUT2D eigenvalue weighted by molar-refractivity contribution is 9.10. The molecule has 0 saturated carbocycles. The summed E-state index contributed by atoms with van der Waals surface area (Å²) < 4.78 is 8.23. The molecule has 0 aromatic carbocycles. The molecule has 0 aliphatic carbocycles. The number of nitrogens with one attached hydrogen (secondary N) is 1. The Hall–Kier alpha value is -1.47. The number of rotatable bonds is 4. The van der Waals surface area contributed by atoms with E-state index in [0.717, 1.165) is 37.4 Å². The first-order chi connectivity index (χ1) is 9.83. The summed E-state index contributed by atoms with van der Waals surface area (Å²) in [5, 5.41) is 7.68. The van der Waals surface area contributed by atoms with E-state index >= 15 is 0 Å². The summed E-state index contributed by atoms with van der Waals surface area (Å²) in [7, 11) is 0. The van der Waals surface area contributed by atoms with Crippen molar-refractivity contribution < 1.29 is 4.74 Å². The smallest absolute Gasteiger partial charge is 0.217 e. The molecule has 1 atom stereocenters. The number of halogens is 1. The van der Waals surface area contributed by atoms with Gasteiger partial charge < -0.3 is 10.1 Å². The molecule has 1 aliphatic heterocycles. The van der Waals surface area contributed by atoms with Gasteiger partial charge in [0, 0.05) is 19.0 Å². The summed E-state index contributed by atoms with van der Waals surface area (Å²) >= 11 is 3.34. The molecule has 1 N–H and O–H groups in total. The van der Waals surface area contributed by atoms with Crippen molar-refractivity contribution in [3.8, 4) is 0 Å². The Kier molecular flexibility index (Phi) is 4.27. The summed E-state index contributed by atoms with van der Waals surface area (Å²) in [6, 6.07) is 3.87. The first-order valence-corrected chi connectivity index (χ1v) is 7.48. The molecule has 106 valence electrons. The van der Waals surface area contributed by atoms with Gasteiger partial charge in [-0.3, -0.25) is 4.98 Å². The Balaban J connectivity index is 1.72. The average Bonchev–Trinajstić information content (AvgIpc) is 2.88. The zero-order valence-electron chi connectivity index (χ0n) is 11.0. The van der Waals surface area contributed by atoms with Gasteiger partial charge in [-0.2, -0.15) is 0 Å². The van der Waals surface area contributed by atoms with Crippen LogP contribution in [0.1, 0.15) is 31.3 Å². The Morgan fingerprint density at radius 3 is 3.15 bits per heavy atom. The van der Waals surface area contributed by atoms with Gasteiger partial charge in [0.1, 0.15) is 5.82 Å². The third kappa shape index (κ3) is 3.16. The van der Waals surface area contributed by atoms with Crippen molar-refractivity contribution in [1.29, 1.82) is 0 Å². The van der Waals surface area contributed by atoms with Crippen LogP contribution in [0.25, 0.3) is 0 Å². The molecule has 20 heavy (non-hydrogen) atoms. The van der Waals surface area contributed by atoms with E-state index in [1.54, 1.807) is 12.4 Å². The number of aromatic nitrogens is 4. The van der Waals surface area contributed by atoms with Gasteiger partial charge >= 0.3 is 0 Å². The topological polar surface area (TPSA) is 64.9 Å². The monoisotopic (exact) mass is 337 g/mol. The fourth-order valence-electron chi connectivity index (χ4n) is 2.24. The van der Waals surface area contributed by atoms with Gasteiger partial charge in [-0.25, -0.2) is 9.67 Å². The van der Waals surface area contributed by atoms with Crippen LogP contribution in [-0.4, -0.2) is 26.4 Å². The van der Waals surface area contributed by atoms with Crippen molar-refractivity contribution in [1.82, 2.24) is 19.7 Å². The van der Waals surface area contributed by atoms with E-state index in [-0.39, 0.29) is 6.23 Å². The van der Waals surface area contributed by atoms with Crippen LogP contribution in [-0.2, 0) is 11.3 Å². The maximum atomic E-state index is 5.77. The largest absolute Gasteiger partial charge is 0.377 e. The lowest BCUT2D eigenvalue weighted by molar-refractivity contribution is -0.0414. The summed E-state index contributed by atoms with van der Waals surface area (Å²) in [6.45, 7) is 1.38. The number of nitrogens with zero attached hydrogens (tertiary/aromatic N) is 4. The van der Waals surface area contributed by atoms with E-state index in [2.05, 4.69) is 36.3 Å². The van der Waals surface area contributed by atoms with E-state index in [9.17, 15) is 0 Å². The zero-order chi connectivity index (χ0) is 13.8. The number of pyridine rings is 1. The molecule has 0 bridgehead atoms. The van der Waals surface area contributed by atoms with Crippen molar-refractivity contribution in [3.63, 3.8) is 0 Å². The highest BCUT2D eigenvalue weighted by atomic mass is 79.9. The zero-order valence-corrected chi connectivity index (χ0v) is 12.6. The third-order valence-corrected chi connectivity index (χ3v) is 3.55. The Morgan fingerprint density at radius 1 is 1.45 bits per heavy atom. The first kappa shape index (κ1) is 13.5. The number of anilines is 1. The molecule has 0 amide bonds. The molecule has 0 radical (unpaired) electrons. The highest BCUT2D eigenvalue weighted by Crippen LogP contribution is 2.24. The minimum Gasteiger partial charge on any atom is -0.377 e. The second-order valence-electron chi connectivity index (χ2n) is 4.66. The minimum absolute atomic E-state index is 0.00625. The van der Waals surface area contributed by atoms with Gasteiger partial charge in [-0.15, -0.1) is 5.10 Å². The molecule has 3 rings (SSSR count). The first-order valence-electron chi connectivity index (χ1n) is 6.69. The van der Waals surface area contributed by atoms with E-state index < -0.39 is 0 Å². The van der Waals surface area contributed by atoms with Crippen molar-refractivity contribution in [2.24, 2.45) is 0 Å². The third-order valence-electron chi connectivity index (χ3n) is 3.22. The van der Waals surface area contributed by atoms with Gasteiger partial charge in [0.25, 0.3) is 0 Å². The average molecular weight is 338 g/mol. The van der Waals surface area contributed by atoms with Gasteiger partial charge in [-0.05, 0) is 47.3 Å². The molecule has 2 aromatic heterocycles. The summed E-state index contributed by atoms with van der Waals surface area (Å²) in [5.41, 5.74) is 0.961. The van der Waals surface area contributed by atoms with Crippen LogP contribution in [0.3, 0.4) is 0 Å². The van der Waals surface area contributed by atoms with Crippen molar-refractivity contribution in [2.75, 3.05) is 11.9 Å². The van der Waals surface area contributed by atoms with Crippen LogP contribution >= 0.6 is 15.9 Å². The number of ether oxygens (including phenoxy) is 1. The second-order valence-corrected chi connectivity index (χ2v) is 5.37. The van der Waals surface area contributed by atoms with Gasteiger partial charge in [0.05, 0.1) is 12.2 Å². The van der Waals surface area contributed by atoms with E-state index in [0.29, 0.717) is 11.3 Å². The van der Waals surface area contributed by atoms with Gasteiger partial charge in [0.15, 0.2) is 6.23 Å². The normalized spacial score (nSPS) is 18.9.